The number of rotatable bonds is 5. The highest BCUT2D eigenvalue weighted by Crippen LogP contribution is 2.52. The Labute approximate surface area is 165 Å². The van der Waals surface area contributed by atoms with Crippen LogP contribution >= 0.6 is 0 Å². The largest absolute Gasteiger partial charge is 0.403 e. The molecule has 3 heteroatoms. The summed E-state index contributed by atoms with van der Waals surface area (Å²) in [7, 11) is 2.25. The van der Waals surface area contributed by atoms with Crippen LogP contribution < -0.4 is 11.1 Å². The van der Waals surface area contributed by atoms with Crippen LogP contribution in [-0.4, -0.2) is 31.6 Å². The fourth-order valence-electron chi connectivity index (χ4n) is 4.82. The number of likely N-dealkylation sites (tertiary alicyclic amines) is 1. The van der Waals surface area contributed by atoms with Gasteiger partial charge in [-0.2, -0.15) is 0 Å². The first-order chi connectivity index (χ1) is 13.0. The first-order valence-corrected chi connectivity index (χ1v) is 10.3. The van der Waals surface area contributed by atoms with Crippen molar-refractivity contribution in [1.82, 2.24) is 10.2 Å². The molecule has 2 aliphatic rings. The number of benzene rings is 1. The smallest absolute Gasteiger partial charge is 0.0571 e. The summed E-state index contributed by atoms with van der Waals surface area (Å²) in [4.78, 5) is 2.47. The first kappa shape index (κ1) is 19.8. The third kappa shape index (κ3) is 4.14. The summed E-state index contributed by atoms with van der Waals surface area (Å²) in [5.41, 5.74) is 14.3. The van der Waals surface area contributed by atoms with Crippen molar-refractivity contribution in [2.75, 3.05) is 26.7 Å². The van der Waals surface area contributed by atoms with Crippen molar-refractivity contribution < 1.29 is 0 Å². The van der Waals surface area contributed by atoms with E-state index in [-0.39, 0.29) is 0 Å². The number of nitrogens with two attached hydrogens (primary N) is 1. The number of allylic oxidation sites excluding steroid dienone is 4. The molecule has 1 aromatic rings. The molecule has 0 bridgehead atoms. The summed E-state index contributed by atoms with van der Waals surface area (Å²) >= 11 is 0. The first-order valence-electron chi connectivity index (χ1n) is 10.3. The maximum Gasteiger partial charge on any atom is 0.0571 e. The summed E-state index contributed by atoms with van der Waals surface area (Å²) in [5, 5.41) is 3.32. The van der Waals surface area contributed by atoms with Crippen LogP contribution in [0.15, 0.2) is 47.7 Å². The van der Waals surface area contributed by atoms with Gasteiger partial charge in [0.2, 0.25) is 0 Å². The van der Waals surface area contributed by atoms with Crippen LogP contribution in [0, 0.1) is 5.41 Å². The van der Waals surface area contributed by atoms with Crippen LogP contribution in [0.25, 0.3) is 11.3 Å². The molecule has 3 rings (SSSR count). The van der Waals surface area contributed by atoms with Gasteiger partial charge in [0, 0.05) is 12.7 Å². The van der Waals surface area contributed by atoms with Gasteiger partial charge in [0.25, 0.3) is 0 Å². The predicted octanol–water partition coefficient (Wildman–Crippen LogP) is 4.78. The van der Waals surface area contributed by atoms with Crippen molar-refractivity contribution in [3.05, 3.63) is 58.8 Å². The predicted molar refractivity (Wildman–Crippen MR) is 117 cm³/mol. The number of hydrogen-bond donors (Lipinski definition) is 2. The number of nitrogens with one attached hydrogen (secondary N) is 1. The lowest BCUT2D eigenvalue weighted by atomic mass is 9.74. The minimum atomic E-state index is 0.501. The van der Waals surface area contributed by atoms with Crippen LogP contribution in [0.1, 0.15) is 57.6 Å². The Morgan fingerprint density at radius 1 is 1.15 bits per heavy atom. The lowest BCUT2D eigenvalue weighted by Gasteiger charge is -2.38. The number of piperidine rings is 1. The van der Waals surface area contributed by atoms with Crippen molar-refractivity contribution in [3.8, 4) is 0 Å². The summed E-state index contributed by atoms with van der Waals surface area (Å²) in [6, 6.07) is 8.84. The zero-order valence-corrected chi connectivity index (χ0v) is 17.4. The average molecular weight is 366 g/mol. The van der Waals surface area contributed by atoms with E-state index in [9.17, 15) is 0 Å². The molecule has 1 aliphatic heterocycles. The third-order valence-electron chi connectivity index (χ3n) is 6.41. The molecule has 1 saturated heterocycles. The van der Waals surface area contributed by atoms with Crippen molar-refractivity contribution >= 4 is 11.3 Å². The van der Waals surface area contributed by atoms with Crippen LogP contribution in [0.3, 0.4) is 0 Å². The molecule has 3 nitrogen and oxygen atoms in total. The van der Waals surface area contributed by atoms with E-state index in [0.717, 1.165) is 17.8 Å². The normalized spacial score (nSPS) is 21.2. The van der Waals surface area contributed by atoms with Crippen molar-refractivity contribution in [2.45, 2.75) is 46.5 Å². The maximum atomic E-state index is 5.77. The second-order valence-corrected chi connectivity index (χ2v) is 8.31. The molecule has 0 aromatic heterocycles. The van der Waals surface area contributed by atoms with E-state index in [4.69, 9.17) is 5.73 Å². The van der Waals surface area contributed by atoms with Gasteiger partial charge in [0.15, 0.2) is 0 Å². The quantitative estimate of drug-likeness (QED) is 0.789. The molecule has 0 atom stereocenters. The Morgan fingerprint density at radius 3 is 2.33 bits per heavy atom. The molecule has 1 aromatic carbocycles. The molecule has 3 N–H and O–H groups in total. The molecule has 0 saturated carbocycles. The zero-order chi connectivity index (χ0) is 19.4. The van der Waals surface area contributed by atoms with Gasteiger partial charge in [-0.05, 0) is 94.3 Å². The number of hydrogen-bond acceptors (Lipinski definition) is 3. The molecule has 1 heterocycles. The molecule has 0 unspecified atom stereocenters. The van der Waals surface area contributed by atoms with Gasteiger partial charge < -0.3 is 16.0 Å². The second kappa shape index (κ2) is 8.35. The molecular weight excluding hydrogens is 330 g/mol. The van der Waals surface area contributed by atoms with Gasteiger partial charge >= 0.3 is 0 Å². The highest BCUT2D eigenvalue weighted by atomic mass is 15.1. The van der Waals surface area contributed by atoms with Crippen molar-refractivity contribution in [1.29, 1.82) is 0 Å². The van der Waals surface area contributed by atoms with E-state index in [1.807, 2.05) is 0 Å². The lowest BCUT2D eigenvalue weighted by Crippen LogP contribution is -2.36. The molecule has 0 amide bonds. The maximum absolute atomic E-state index is 5.77. The SMILES string of the molecule is C/C=C(\C1=C(C)CC2(CCN(C)CC2)C1)c1ccc(/C(=C/N)NCC)cc1. The Bertz CT molecular complexity index is 744. The average Bonchev–Trinajstić information content (AvgIpc) is 3.00. The van der Waals surface area contributed by atoms with Gasteiger partial charge in [-0.25, -0.2) is 0 Å². The van der Waals surface area contributed by atoms with Gasteiger partial charge in [0.05, 0.1) is 5.70 Å². The van der Waals surface area contributed by atoms with E-state index >= 15 is 0 Å². The van der Waals surface area contributed by atoms with Crippen LogP contribution in [0.2, 0.25) is 0 Å². The molecule has 0 radical (unpaired) electrons. The van der Waals surface area contributed by atoms with E-state index in [1.165, 1.54) is 49.9 Å². The minimum Gasteiger partial charge on any atom is -0.403 e. The topological polar surface area (TPSA) is 41.3 Å². The summed E-state index contributed by atoms with van der Waals surface area (Å²) in [6.45, 7) is 9.95. The Hall–Kier alpha value is -2.00. The summed E-state index contributed by atoms with van der Waals surface area (Å²) < 4.78 is 0. The summed E-state index contributed by atoms with van der Waals surface area (Å²) in [5.74, 6) is 0. The molecule has 27 heavy (non-hydrogen) atoms. The van der Waals surface area contributed by atoms with Crippen LogP contribution in [0.5, 0.6) is 0 Å². The fraction of sp³-hybridized carbons (Fsp3) is 0.500. The number of nitrogens with zero attached hydrogens (tertiary/aromatic N) is 1. The van der Waals surface area contributed by atoms with E-state index in [1.54, 1.807) is 17.3 Å². The van der Waals surface area contributed by atoms with E-state index < -0.39 is 0 Å². The van der Waals surface area contributed by atoms with Gasteiger partial charge in [-0.3, -0.25) is 0 Å². The van der Waals surface area contributed by atoms with Gasteiger partial charge in [-0.1, -0.05) is 35.9 Å². The van der Waals surface area contributed by atoms with Gasteiger partial charge in [0.1, 0.15) is 0 Å². The monoisotopic (exact) mass is 365 g/mol. The van der Waals surface area contributed by atoms with E-state index in [2.05, 4.69) is 68.4 Å². The Morgan fingerprint density at radius 2 is 1.78 bits per heavy atom. The van der Waals surface area contributed by atoms with Crippen LogP contribution in [-0.2, 0) is 0 Å². The Balaban J connectivity index is 1.80. The van der Waals surface area contributed by atoms with Gasteiger partial charge in [-0.15, -0.1) is 0 Å². The molecule has 1 aliphatic carbocycles. The lowest BCUT2D eigenvalue weighted by molar-refractivity contribution is 0.131. The molecule has 1 spiro atoms. The Kier molecular flexibility index (Phi) is 6.11. The van der Waals surface area contributed by atoms with E-state index in [0.29, 0.717) is 5.41 Å². The van der Waals surface area contributed by atoms with Crippen molar-refractivity contribution in [3.63, 3.8) is 0 Å². The third-order valence-corrected chi connectivity index (χ3v) is 6.41. The zero-order valence-electron chi connectivity index (χ0n) is 17.4. The summed E-state index contributed by atoms with van der Waals surface area (Å²) in [6.07, 6.45) is 9.11. The standard InChI is InChI=1S/C24H35N3/c1-5-21(19-7-9-20(10-8-19)23(17-25)26-6-2)22-16-24(15-18(22)3)11-13-27(4)14-12-24/h5,7-10,17,26H,6,11-16,25H2,1-4H3/b21-5-,23-17-. The molecule has 1 fully saturated rings. The van der Waals surface area contributed by atoms with Crippen molar-refractivity contribution in [2.24, 2.45) is 11.1 Å². The minimum absolute atomic E-state index is 0.501. The highest BCUT2D eigenvalue weighted by Gasteiger charge is 2.40. The van der Waals surface area contributed by atoms with Crippen LogP contribution in [0.4, 0.5) is 0 Å². The highest BCUT2D eigenvalue weighted by molar-refractivity contribution is 5.81. The molecule has 146 valence electrons. The second-order valence-electron chi connectivity index (χ2n) is 8.31. The fourth-order valence-corrected chi connectivity index (χ4v) is 4.82. The molecular formula is C24H35N3.